The van der Waals surface area contributed by atoms with Crippen molar-refractivity contribution in [1.82, 2.24) is 4.98 Å². The third kappa shape index (κ3) is 2.36. The molecule has 0 spiro atoms. The van der Waals surface area contributed by atoms with Crippen molar-refractivity contribution in [3.63, 3.8) is 0 Å². The predicted molar refractivity (Wildman–Crippen MR) is 82.1 cm³/mol. The highest BCUT2D eigenvalue weighted by atomic mass is 79.9. The molecule has 0 saturated carbocycles. The first-order chi connectivity index (χ1) is 10.1. The van der Waals surface area contributed by atoms with Crippen LogP contribution in [0, 0.1) is 22.7 Å². The monoisotopic (exact) mass is 342 g/mol. The standard InChI is InChI=1S/C15H11BrN4O/c16-9-3-8(6-20-7-9)14-11-2-1-10(18)4-13(11)21-15(19)12(14)5-17/h1-4,6-7,12,14,19H,18H2. The van der Waals surface area contributed by atoms with Crippen molar-refractivity contribution in [3.05, 3.63) is 52.3 Å². The van der Waals surface area contributed by atoms with Gasteiger partial charge in [0, 0.05) is 40.1 Å². The van der Waals surface area contributed by atoms with E-state index >= 15 is 0 Å². The van der Waals surface area contributed by atoms with E-state index in [2.05, 4.69) is 27.0 Å². The average molecular weight is 343 g/mol. The molecule has 3 rings (SSSR count). The zero-order valence-electron chi connectivity index (χ0n) is 10.9. The summed E-state index contributed by atoms with van der Waals surface area (Å²) in [4.78, 5) is 4.15. The minimum atomic E-state index is -0.683. The van der Waals surface area contributed by atoms with Crippen LogP contribution >= 0.6 is 15.9 Å². The van der Waals surface area contributed by atoms with E-state index in [9.17, 15) is 5.26 Å². The summed E-state index contributed by atoms with van der Waals surface area (Å²) in [6.45, 7) is 0. The van der Waals surface area contributed by atoms with Gasteiger partial charge in [0.05, 0.1) is 6.07 Å². The van der Waals surface area contributed by atoms with Crippen LogP contribution in [0.1, 0.15) is 17.0 Å². The second kappa shape index (κ2) is 5.19. The Labute approximate surface area is 130 Å². The molecule has 1 aromatic carbocycles. The van der Waals surface area contributed by atoms with E-state index in [1.54, 1.807) is 24.5 Å². The lowest BCUT2D eigenvalue weighted by Crippen LogP contribution is -2.31. The number of benzene rings is 1. The molecule has 0 bridgehead atoms. The Balaban J connectivity index is 2.20. The Morgan fingerprint density at radius 2 is 2.14 bits per heavy atom. The number of nitrogens with zero attached hydrogens (tertiary/aromatic N) is 2. The Kier molecular flexibility index (Phi) is 3.35. The number of nitrogen functional groups attached to an aromatic ring is 1. The third-order valence-electron chi connectivity index (χ3n) is 3.43. The van der Waals surface area contributed by atoms with Crippen LogP contribution in [0.4, 0.5) is 5.69 Å². The maximum absolute atomic E-state index is 9.41. The van der Waals surface area contributed by atoms with Crippen LogP contribution in [-0.4, -0.2) is 10.9 Å². The average Bonchev–Trinajstić information content (AvgIpc) is 2.45. The van der Waals surface area contributed by atoms with Gasteiger partial charge < -0.3 is 10.5 Å². The predicted octanol–water partition coefficient (Wildman–Crippen LogP) is 3.07. The lowest BCUT2D eigenvalue weighted by molar-refractivity contribution is 0.450. The number of hydrogen-bond donors (Lipinski definition) is 2. The van der Waals surface area contributed by atoms with E-state index in [1.165, 1.54) is 0 Å². The first kappa shape index (κ1) is 13.6. The van der Waals surface area contributed by atoms with E-state index < -0.39 is 5.92 Å². The van der Waals surface area contributed by atoms with Crippen LogP contribution in [0.25, 0.3) is 0 Å². The fraction of sp³-hybridized carbons (Fsp3) is 0.133. The van der Waals surface area contributed by atoms with Gasteiger partial charge in [-0.2, -0.15) is 5.26 Å². The number of nitrogens with two attached hydrogens (primary N) is 1. The van der Waals surface area contributed by atoms with Gasteiger partial charge in [-0.1, -0.05) is 6.07 Å². The summed E-state index contributed by atoms with van der Waals surface area (Å²) in [5.41, 5.74) is 8.02. The van der Waals surface area contributed by atoms with Gasteiger partial charge in [-0.3, -0.25) is 10.4 Å². The normalized spacial score (nSPS) is 20.3. The summed E-state index contributed by atoms with van der Waals surface area (Å²) in [6, 6.07) is 9.34. The van der Waals surface area contributed by atoms with E-state index in [-0.39, 0.29) is 11.8 Å². The Hall–Kier alpha value is -2.39. The van der Waals surface area contributed by atoms with Crippen molar-refractivity contribution in [2.45, 2.75) is 5.92 Å². The molecule has 3 N–H and O–H groups in total. The van der Waals surface area contributed by atoms with Crippen molar-refractivity contribution in [2.75, 3.05) is 5.73 Å². The maximum Gasteiger partial charge on any atom is 0.205 e. The molecule has 1 aromatic heterocycles. The number of rotatable bonds is 1. The molecular formula is C15H11BrN4O. The van der Waals surface area contributed by atoms with Crippen LogP contribution in [0.15, 0.2) is 41.1 Å². The molecule has 0 aliphatic carbocycles. The number of anilines is 1. The number of nitriles is 1. The second-order valence-electron chi connectivity index (χ2n) is 4.78. The van der Waals surface area contributed by atoms with Gasteiger partial charge in [0.15, 0.2) is 0 Å². The third-order valence-corrected chi connectivity index (χ3v) is 3.87. The van der Waals surface area contributed by atoms with Crippen LogP contribution < -0.4 is 10.5 Å². The zero-order valence-corrected chi connectivity index (χ0v) is 12.5. The Bertz CT molecular complexity index is 769. The summed E-state index contributed by atoms with van der Waals surface area (Å²) < 4.78 is 6.27. The largest absolute Gasteiger partial charge is 0.442 e. The fourth-order valence-corrected chi connectivity index (χ4v) is 2.90. The molecule has 0 fully saturated rings. The number of pyridine rings is 1. The van der Waals surface area contributed by atoms with Gasteiger partial charge >= 0.3 is 0 Å². The number of nitrogens with one attached hydrogen (secondary N) is 1. The SMILES string of the molecule is N#CC1C(=N)Oc2cc(N)ccc2C1c1cncc(Br)c1. The minimum absolute atomic E-state index is 0.0689. The molecule has 2 atom stereocenters. The second-order valence-corrected chi connectivity index (χ2v) is 5.70. The van der Waals surface area contributed by atoms with Crippen molar-refractivity contribution < 1.29 is 4.74 Å². The van der Waals surface area contributed by atoms with Crippen molar-refractivity contribution in [2.24, 2.45) is 5.92 Å². The minimum Gasteiger partial charge on any atom is -0.442 e. The van der Waals surface area contributed by atoms with Gasteiger partial charge in [-0.25, -0.2) is 0 Å². The molecule has 0 radical (unpaired) electrons. The molecule has 2 aromatic rings. The number of hydrogen-bond acceptors (Lipinski definition) is 5. The summed E-state index contributed by atoms with van der Waals surface area (Å²) >= 11 is 3.39. The quantitative estimate of drug-likeness (QED) is 0.778. The zero-order chi connectivity index (χ0) is 15.0. The van der Waals surface area contributed by atoms with Gasteiger partial charge in [0.1, 0.15) is 11.7 Å². The molecule has 1 aliphatic rings. The van der Waals surface area contributed by atoms with E-state index in [4.69, 9.17) is 15.9 Å². The van der Waals surface area contributed by atoms with Crippen molar-refractivity contribution in [3.8, 4) is 11.8 Å². The van der Waals surface area contributed by atoms with Gasteiger partial charge in [-0.05, 0) is 33.6 Å². The first-order valence-corrected chi connectivity index (χ1v) is 7.05. The summed E-state index contributed by atoms with van der Waals surface area (Å²) in [5, 5.41) is 17.4. The summed E-state index contributed by atoms with van der Waals surface area (Å²) in [6.07, 6.45) is 3.39. The molecule has 1 aliphatic heterocycles. The van der Waals surface area contributed by atoms with Gasteiger partial charge in [0.2, 0.25) is 5.90 Å². The number of ether oxygens (including phenoxy) is 1. The van der Waals surface area contributed by atoms with Gasteiger partial charge in [0.25, 0.3) is 0 Å². The number of fused-ring (bicyclic) bond motifs is 1. The first-order valence-electron chi connectivity index (χ1n) is 6.26. The molecule has 6 heteroatoms. The highest BCUT2D eigenvalue weighted by molar-refractivity contribution is 9.10. The highest BCUT2D eigenvalue weighted by Crippen LogP contribution is 2.42. The molecule has 0 amide bonds. The Morgan fingerprint density at radius 1 is 1.33 bits per heavy atom. The number of aromatic nitrogens is 1. The van der Waals surface area contributed by atoms with Crippen LogP contribution in [0.3, 0.4) is 0 Å². The lowest BCUT2D eigenvalue weighted by Gasteiger charge is -2.30. The molecule has 5 nitrogen and oxygen atoms in total. The van der Waals surface area contributed by atoms with Crippen LogP contribution in [0.5, 0.6) is 5.75 Å². The van der Waals surface area contributed by atoms with Crippen LogP contribution in [0.2, 0.25) is 0 Å². The molecule has 21 heavy (non-hydrogen) atoms. The molecular weight excluding hydrogens is 332 g/mol. The Morgan fingerprint density at radius 3 is 2.86 bits per heavy atom. The van der Waals surface area contributed by atoms with Crippen LogP contribution in [-0.2, 0) is 0 Å². The lowest BCUT2D eigenvalue weighted by atomic mass is 9.79. The topological polar surface area (TPSA) is 95.8 Å². The maximum atomic E-state index is 9.41. The molecule has 2 heterocycles. The smallest absolute Gasteiger partial charge is 0.205 e. The number of halogens is 1. The van der Waals surface area contributed by atoms with Gasteiger partial charge in [-0.15, -0.1) is 0 Å². The van der Waals surface area contributed by atoms with E-state index in [0.29, 0.717) is 11.4 Å². The highest BCUT2D eigenvalue weighted by Gasteiger charge is 2.37. The van der Waals surface area contributed by atoms with E-state index in [0.717, 1.165) is 15.6 Å². The summed E-state index contributed by atoms with van der Waals surface area (Å²) in [5.74, 6) is -0.522. The van der Waals surface area contributed by atoms with E-state index in [1.807, 2.05) is 12.1 Å². The summed E-state index contributed by atoms with van der Waals surface area (Å²) in [7, 11) is 0. The molecule has 0 saturated heterocycles. The fourth-order valence-electron chi connectivity index (χ4n) is 2.51. The van der Waals surface area contributed by atoms with Crippen molar-refractivity contribution in [1.29, 1.82) is 10.7 Å². The molecule has 2 unspecified atom stereocenters. The van der Waals surface area contributed by atoms with Crippen molar-refractivity contribution >= 4 is 27.5 Å². The molecule has 104 valence electrons.